The van der Waals surface area contributed by atoms with Gasteiger partial charge in [-0.2, -0.15) is 0 Å². The first-order chi connectivity index (χ1) is 8.59. The minimum Gasteiger partial charge on any atom is -0.352 e. The van der Waals surface area contributed by atoms with E-state index in [0.717, 1.165) is 19.5 Å². The molecule has 1 heterocycles. The van der Waals surface area contributed by atoms with Gasteiger partial charge in [0.1, 0.15) is 0 Å². The number of carbonyl (C=O) groups excluding carboxylic acids is 1. The molecule has 0 bridgehead atoms. The Bertz CT molecular complexity index is 448. The Hall–Kier alpha value is -1.35. The van der Waals surface area contributed by atoms with Crippen molar-refractivity contribution in [2.75, 3.05) is 13.1 Å². The molecule has 2 N–H and O–H groups in total. The van der Waals surface area contributed by atoms with Crippen molar-refractivity contribution in [3.63, 3.8) is 0 Å². The second kappa shape index (κ2) is 5.53. The topological polar surface area (TPSA) is 41.1 Å². The highest BCUT2D eigenvalue weighted by Crippen LogP contribution is 2.17. The number of rotatable bonds is 3. The van der Waals surface area contributed by atoms with Gasteiger partial charge in [-0.05, 0) is 56.0 Å². The molecule has 1 aliphatic heterocycles. The molecule has 18 heavy (non-hydrogen) atoms. The van der Waals surface area contributed by atoms with Crippen molar-refractivity contribution in [3.8, 4) is 0 Å². The van der Waals surface area contributed by atoms with Crippen LogP contribution in [-0.2, 0) is 11.3 Å². The summed E-state index contributed by atoms with van der Waals surface area (Å²) in [5.74, 6) is 0.328. The number of benzene rings is 1. The van der Waals surface area contributed by atoms with Crippen LogP contribution in [0.1, 0.15) is 28.7 Å². The first-order valence-corrected chi connectivity index (χ1v) is 6.63. The minimum atomic E-state index is 0.150. The van der Waals surface area contributed by atoms with E-state index in [9.17, 15) is 4.79 Å². The van der Waals surface area contributed by atoms with Crippen molar-refractivity contribution < 1.29 is 4.79 Å². The molecule has 2 rings (SSSR count). The summed E-state index contributed by atoms with van der Waals surface area (Å²) in [7, 11) is 0. The van der Waals surface area contributed by atoms with Crippen LogP contribution in [0, 0.1) is 26.7 Å². The lowest BCUT2D eigenvalue weighted by molar-refractivity contribution is -0.124. The van der Waals surface area contributed by atoms with Gasteiger partial charge in [0.05, 0.1) is 5.92 Å². The number of carbonyl (C=O) groups is 1. The Morgan fingerprint density at radius 2 is 2.11 bits per heavy atom. The quantitative estimate of drug-likeness (QED) is 0.854. The fourth-order valence-electron chi connectivity index (χ4n) is 2.41. The molecule has 1 aromatic rings. The summed E-state index contributed by atoms with van der Waals surface area (Å²) >= 11 is 0. The third-order valence-corrected chi connectivity index (χ3v) is 4.05. The van der Waals surface area contributed by atoms with E-state index < -0.39 is 0 Å². The Kier molecular flexibility index (Phi) is 4.02. The van der Waals surface area contributed by atoms with Crippen molar-refractivity contribution in [1.29, 1.82) is 0 Å². The molecule has 1 unspecified atom stereocenters. The summed E-state index contributed by atoms with van der Waals surface area (Å²) in [5, 5.41) is 6.27. The summed E-state index contributed by atoms with van der Waals surface area (Å²) in [6.07, 6.45) is 0.956. The summed E-state index contributed by atoms with van der Waals surface area (Å²) in [6.45, 7) is 8.80. The lowest BCUT2D eigenvalue weighted by Crippen LogP contribution is -2.31. The van der Waals surface area contributed by atoms with E-state index in [-0.39, 0.29) is 11.8 Å². The van der Waals surface area contributed by atoms with E-state index in [2.05, 4.69) is 43.5 Å². The summed E-state index contributed by atoms with van der Waals surface area (Å²) in [6, 6.07) is 4.24. The maximum absolute atomic E-state index is 11.9. The Balaban J connectivity index is 1.98. The predicted octanol–water partition coefficient (Wildman–Crippen LogP) is 1.84. The van der Waals surface area contributed by atoms with Crippen LogP contribution >= 0.6 is 0 Å². The molecule has 98 valence electrons. The zero-order valence-electron chi connectivity index (χ0n) is 11.5. The van der Waals surface area contributed by atoms with E-state index in [1.165, 1.54) is 22.3 Å². The van der Waals surface area contributed by atoms with Gasteiger partial charge in [-0.1, -0.05) is 12.1 Å². The van der Waals surface area contributed by atoms with Gasteiger partial charge in [0.25, 0.3) is 0 Å². The summed E-state index contributed by atoms with van der Waals surface area (Å²) in [5.41, 5.74) is 5.14. The third-order valence-electron chi connectivity index (χ3n) is 4.05. The lowest BCUT2D eigenvalue weighted by atomic mass is 9.98. The summed E-state index contributed by atoms with van der Waals surface area (Å²) < 4.78 is 0. The zero-order chi connectivity index (χ0) is 13.1. The van der Waals surface area contributed by atoms with Gasteiger partial charge in [-0.15, -0.1) is 0 Å². The highest BCUT2D eigenvalue weighted by Gasteiger charge is 2.21. The molecule has 1 aromatic carbocycles. The highest BCUT2D eigenvalue weighted by molar-refractivity contribution is 5.79. The van der Waals surface area contributed by atoms with Gasteiger partial charge in [0, 0.05) is 13.1 Å². The van der Waals surface area contributed by atoms with Crippen LogP contribution in [0.5, 0.6) is 0 Å². The number of hydrogen-bond acceptors (Lipinski definition) is 2. The number of hydrogen-bond donors (Lipinski definition) is 2. The van der Waals surface area contributed by atoms with Crippen LogP contribution in [-0.4, -0.2) is 19.0 Å². The number of nitrogens with one attached hydrogen (secondary N) is 2. The van der Waals surface area contributed by atoms with Crippen molar-refractivity contribution in [2.45, 2.75) is 33.7 Å². The maximum Gasteiger partial charge on any atom is 0.224 e. The fourth-order valence-corrected chi connectivity index (χ4v) is 2.41. The second-order valence-electron chi connectivity index (χ2n) is 5.20. The van der Waals surface area contributed by atoms with Gasteiger partial charge < -0.3 is 10.6 Å². The van der Waals surface area contributed by atoms with E-state index >= 15 is 0 Å². The smallest absolute Gasteiger partial charge is 0.224 e. The molecular formula is C15H22N2O. The van der Waals surface area contributed by atoms with Crippen LogP contribution in [0.4, 0.5) is 0 Å². The standard InChI is InChI=1S/C15H22N2O/c1-10-4-5-13(12(3)11(10)2)9-17-15(18)14-6-7-16-8-14/h4-5,14,16H,6-9H2,1-3H3,(H,17,18). The van der Waals surface area contributed by atoms with Gasteiger partial charge in [-0.3, -0.25) is 4.79 Å². The van der Waals surface area contributed by atoms with Crippen LogP contribution in [0.15, 0.2) is 12.1 Å². The molecule has 1 atom stereocenters. The van der Waals surface area contributed by atoms with Crippen LogP contribution < -0.4 is 10.6 Å². The van der Waals surface area contributed by atoms with Gasteiger partial charge >= 0.3 is 0 Å². The van der Waals surface area contributed by atoms with Crippen molar-refractivity contribution in [3.05, 3.63) is 34.4 Å². The van der Waals surface area contributed by atoms with Gasteiger partial charge in [0.2, 0.25) is 5.91 Å². The van der Waals surface area contributed by atoms with Crippen LogP contribution in [0.3, 0.4) is 0 Å². The van der Waals surface area contributed by atoms with E-state index in [0.29, 0.717) is 6.54 Å². The van der Waals surface area contributed by atoms with Crippen molar-refractivity contribution >= 4 is 5.91 Å². The molecule has 1 fully saturated rings. The maximum atomic E-state index is 11.9. The van der Waals surface area contributed by atoms with Gasteiger partial charge in [-0.25, -0.2) is 0 Å². The average molecular weight is 246 g/mol. The van der Waals surface area contributed by atoms with Crippen LogP contribution in [0.25, 0.3) is 0 Å². The molecule has 1 saturated heterocycles. The van der Waals surface area contributed by atoms with Gasteiger partial charge in [0.15, 0.2) is 0 Å². The second-order valence-corrected chi connectivity index (χ2v) is 5.20. The Labute approximate surface area is 109 Å². The molecule has 0 saturated carbocycles. The van der Waals surface area contributed by atoms with Crippen molar-refractivity contribution in [2.24, 2.45) is 5.92 Å². The fraction of sp³-hybridized carbons (Fsp3) is 0.533. The van der Waals surface area contributed by atoms with E-state index in [1.807, 2.05) is 0 Å². The van der Waals surface area contributed by atoms with E-state index in [4.69, 9.17) is 0 Å². The molecule has 0 radical (unpaired) electrons. The molecule has 0 spiro atoms. The number of amides is 1. The first-order valence-electron chi connectivity index (χ1n) is 6.63. The number of aryl methyl sites for hydroxylation is 1. The minimum absolute atomic E-state index is 0.150. The van der Waals surface area contributed by atoms with E-state index in [1.54, 1.807) is 0 Å². The molecule has 1 aliphatic rings. The molecule has 1 amide bonds. The largest absolute Gasteiger partial charge is 0.352 e. The monoisotopic (exact) mass is 246 g/mol. The first kappa shape index (κ1) is 13.1. The molecule has 3 heteroatoms. The Morgan fingerprint density at radius 3 is 2.78 bits per heavy atom. The normalized spacial score (nSPS) is 18.9. The molecular weight excluding hydrogens is 224 g/mol. The third kappa shape index (κ3) is 2.72. The molecule has 3 nitrogen and oxygen atoms in total. The van der Waals surface area contributed by atoms with Crippen molar-refractivity contribution in [1.82, 2.24) is 10.6 Å². The lowest BCUT2D eigenvalue weighted by Gasteiger charge is -2.14. The zero-order valence-corrected chi connectivity index (χ0v) is 11.5. The van der Waals surface area contributed by atoms with Crippen LogP contribution in [0.2, 0.25) is 0 Å². The summed E-state index contributed by atoms with van der Waals surface area (Å²) in [4.78, 5) is 11.9. The SMILES string of the molecule is Cc1ccc(CNC(=O)C2CCNC2)c(C)c1C. The average Bonchev–Trinajstić information content (AvgIpc) is 2.89. The molecule has 0 aromatic heterocycles. The Morgan fingerprint density at radius 1 is 1.33 bits per heavy atom. The predicted molar refractivity (Wildman–Crippen MR) is 73.5 cm³/mol. The molecule has 0 aliphatic carbocycles. The highest BCUT2D eigenvalue weighted by atomic mass is 16.1.